The van der Waals surface area contributed by atoms with E-state index >= 15 is 0 Å². The van der Waals surface area contributed by atoms with Crippen molar-refractivity contribution < 1.29 is 0 Å². The predicted molar refractivity (Wildman–Crippen MR) is 68.1 cm³/mol. The van der Waals surface area contributed by atoms with Crippen LogP contribution in [0, 0.1) is 0 Å². The van der Waals surface area contributed by atoms with Crippen LogP contribution in [0.15, 0.2) is 28.9 Å². The fourth-order valence-corrected chi connectivity index (χ4v) is 2.35. The van der Waals surface area contributed by atoms with E-state index in [4.69, 9.17) is 0 Å². The van der Waals surface area contributed by atoms with Gasteiger partial charge in [0.25, 0.3) is 0 Å². The van der Waals surface area contributed by atoms with Crippen LogP contribution in [0.1, 0.15) is 19.4 Å². The molecule has 0 radical (unpaired) electrons. The molecular formula is C12H15BrN2. The molecule has 0 saturated carbocycles. The van der Waals surface area contributed by atoms with Gasteiger partial charge in [-0.1, -0.05) is 22.0 Å². The second kappa shape index (κ2) is 3.65. The Labute approximate surface area is 98.2 Å². The van der Waals surface area contributed by atoms with Gasteiger partial charge in [0, 0.05) is 27.1 Å². The first kappa shape index (κ1) is 10.7. The number of fused-ring (bicyclic) bond motifs is 1. The van der Waals surface area contributed by atoms with Crippen molar-refractivity contribution in [1.82, 2.24) is 10.3 Å². The third-order valence-corrected chi connectivity index (χ3v) is 3.61. The van der Waals surface area contributed by atoms with Gasteiger partial charge >= 0.3 is 0 Å². The lowest BCUT2D eigenvalue weighted by molar-refractivity contribution is 0.448. The van der Waals surface area contributed by atoms with Crippen LogP contribution in [-0.2, 0) is 5.54 Å². The molecule has 2 nitrogen and oxygen atoms in total. The van der Waals surface area contributed by atoms with E-state index in [1.807, 2.05) is 13.1 Å². The molecule has 2 N–H and O–H groups in total. The molecule has 0 bridgehead atoms. The number of hydrogen-bond acceptors (Lipinski definition) is 1. The molecule has 0 aliphatic rings. The second-order valence-electron chi connectivity index (χ2n) is 4.24. The minimum absolute atomic E-state index is 0.0257. The smallest absolute Gasteiger partial charge is 0.0468 e. The van der Waals surface area contributed by atoms with Gasteiger partial charge in [-0.2, -0.15) is 0 Å². The molecule has 0 aliphatic carbocycles. The maximum absolute atomic E-state index is 3.60. The zero-order valence-corrected chi connectivity index (χ0v) is 10.8. The van der Waals surface area contributed by atoms with E-state index in [9.17, 15) is 0 Å². The van der Waals surface area contributed by atoms with Gasteiger partial charge in [-0.15, -0.1) is 0 Å². The number of nitrogens with one attached hydrogen (secondary N) is 2. The van der Waals surface area contributed by atoms with Gasteiger partial charge in [-0.05, 0) is 38.6 Å². The highest BCUT2D eigenvalue weighted by Gasteiger charge is 2.22. The molecule has 0 fully saturated rings. The number of aromatic amines is 1. The summed E-state index contributed by atoms with van der Waals surface area (Å²) in [5.41, 5.74) is 2.43. The maximum atomic E-state index is 3.60. The molecule has 0 atom stereocenters. The fraction of sp³-hybridized carbons (Fsp3) is 0.333. The van der Waals surface area contributed by atoms with E-state index in [1.54, 1.807) is 0 Å². The molecule has 0 amide bonds. The van der Waals surface area contributed by atoms with Crippen molar-refractivity contribution in [1.29, 1.82) is 0 Å². The standard InChI is InChI=1S/C12H15BrN2/c1-12(2,14-3)8-7-15-10-6-4-5-9(13)11(8)10/h4-7,14-15H,1-3H3. The second-order valence-corrected chi connectivity index (χ2v) is 5.09. The van der Waals surface area contributed by atoms with E-state index in [0.717, 1.165) is 4.47 Å². The third-order valence-electron chi connectivity index (χ3n) is 2.95. The molecule has 1 heterocycles. The van der Waals surface area contributed by atoms with E-state index in [-0.39, 0.29) is 5.54 Å². The Morgan fingerprint density at radius 3 is 2.73 bits per heavy atom. The van der Waals surface area contributed by atoms with Gasteiger partial charge < -0.3 is 10.3 Å². The highest BCUT2D eigenvalue weighted by Crippen LogP contribution is 2.33. The van der Waals surface area contributed by atoms with Crippen LogP contribution < -0.4 is 5.32 Å². The number of H-pyrrole nitrogens is 1. The highest BCUT2D eigenvalue weighted by molar-refractivity contribution is 9.10. The van der Waals surface area contributed by atoms with Crippen molar-refractivity contribution in [3.8, 4) is 0 Å². The molecule has 80 valence electrons. The number of hydrogen-bond donors (Lipinski definition) is 2. The Hall–Kier alpha value is -0.800. The topological polar surface area (TPSA) is 27.8 Å². The minimum atomic E-state index is -0.0257. The summed E-state index contributed by atoms with van der Waals surface area (Å²) >= 11 is 3.60. The molecule has 1 aromatic heterocycles. The van der Waals surface area contributed by atoms with Crippen molar-refractivity contribution in [2.75, 3.05) is 7.05 Å². The summed E-state index contributed by atoms with van der Waals surface area (Å²) < 4.78 is 1.14. The van der Waals surface area contributed by atoms with Crippen molar-refractivity contribution in [3.05, 3.63) is 34.4 Å². The summed E-state index contributed by atoms with van der Waals surface area (Å²) in [6.07, 6.45) is 2.08. The molecule has 2 rings (SSSR count). The Balaban J connectivity index is 2.73. The largest absolute Gasteiger partial charge is 0.361 e. The number of benzene rings is 1. The minimum Gasteiger partial charge on any atom is -0.361 e. The zero-order chi connectivity index (χ0) is 11.1. The number of aromatic nitrogens is 1. The van der Waals surface area contributed by atoms with Crippen molar-refractivity contribution in [2.45, 2.75) is 19.4 Å². The fourth-order valence-electron chi connectivity index (χ4n) is 1.77. The average molecular weight is 267 g/mol. The van der Waals surface area contributed by atoms with E-state index < -0.39 is 0 Å². The SMILES string of the molecule is CNC(C)(C)c1c[nH]c2cccc(Br)c12. The first-order chi connectivity index (χ1) is 7.06. The summed E-state index contributed by atoms with van der Waals surface area (Å²) in [6, 6.07) is 6.21. The van der Waals surface area contributed by atoms with Gasteiger partial charge in [0.05, 0.1) is 0 Å². The monoisotopic (exact) mass is 266 g/mol. The maximum Gasteiger partial charge on any atom is 0.0468 e. The van der Waals surface area contributed by atoms with Crippen LogP contribution >= 0.6 is 15.9 Å². The van der Waals surface area contributed by atoms with E-state index in [0.29, 0.717) is 0 Å². The van der Waals surface area contributed by atoms with Crippen molar-refractivity contribution in [3.63, 3.8) is 0 Å². The molecule has 15 heavy (non-hydrogen) atoms. The first-order valence-corrected chi connectivity index (χ1v) is 5.80. The Morgan fingerprint density at radius 1 is 1.33 bits per heavy atom. The summed E-state index contributed by atoms with van der Waals surface area (Å²) in [5.74, 6) is 0. The lowest BCUT2D eigenvalue weighted by atomic mass is 9.94. The van der Waals surface area contributed by atoms with Crippen LogP contribution in [0.4, 0.5) is 0 Å². The summed E-state index contributed by atoms with van der Waals surface area (Å²) in [7, 11) is 1.98. The summed E-state index contributed by atoms with van der Waals surface area (Å²) in [6.45, 7) is 4.35. The average Bonchev–Trinajstić information content (AvgIpc) is 2.63. The van der Waals surface area contributed by atoms with Gasteiger partial charge in [0.2, 0.25) is 0 Å². The van der Waals surface area contributed by atoms with Crippen LogP contribution in [0.25, 0.3) is 10.9 Å². The lowest BCUT2D eigenvalue weighted by Gasteiger charge is -2.23. The Morgan fingerprint density at radius 2 is 2.07 bits per heavy atom. The van der Waals surface area contributed by atoms with Gasteiger partial charge in [0.1, 0.15) is 0 Å². The normalized spacial score (nSPS) is 12.3. The molecule has 0 spiro atoms. The number of halogens is 1. The number of rotatable bonds is 2. The van der Waals surface area contributed by atoms with Crippen molar-refractivity contribution in [2.24, 2.45) is 0 Å². The Kier molecular flexibility index (Phi) is 2.61. The zero-order valence-electron chi connectivity index (χ0n) is 9.19. The molecular weight excluding hydrogens is 252 g/mol. The first-order valence-electron chi connectivity index (χ1n) is 5.01. The van der Waals surface area contributed by atoms with Crippen LogP contribution in [-0.4, -0.2) is 12.0 Å². The molecule has 0 unspecified atom stereocenters. The molecule has 0 saturated heterocycles. The molecule has 2 aromatic rings. The van der Waals surface area contributed by atoms with Gasteiger partial charge in [-0.25, -0.2) is 0 Å². The van der Waals surface area contributed by atoms with Crippen LogP contribution in [0.5, 0.6) is 0 Å². The van der Waals surface area contributed by atoms with Gasteiger partial charge in [0.15, 0.2) is 0 Å². The van der Waals surface area contributed by atoms with Crippen LogP contribution in [0.3, 0.4) is 0 Å². The van der Waals surface area contributed by atoms with E-state index in [1.165, 1.54) is 16.5 Å². The lowest BCUT2D eigenvalue weighted by Crippen LogP contribution is -2.32. The predicted octanol–water partition coefficient (Wildman–Crippen LogP) is 3.38. The quantitative estimate of drug-likeness (QED) is 0.857. The molecule has 1 aromatic carbocycles. The summed E-state index contributed by atoms with van der Waals surface area (Å²) in [5, 5.41) is 4.58. The van der Waals surface area contributed by atoms with Crippen molar-refractivity contribution >= 4 is 26.8 Å². The highest BCUT2D eigenvalue weighted by atomic mass is 79.9. The molecule has 0 aliphatic heterocycles. The molecule has 3 heteroatoms. The third kappa shape index (κ3) is 1.70. The van der Waals surface area contributed by atoms with E-state index in [2.05, 4.69) is 58.4 Å². The van der Waals surface area contributed by atoms with Gasteiger partial charge in [-0.3, -0.25) is 0 Å². The van der Waals surface area contributed by atoms with Crippen LogP contribution in [0.2, 0.25) is 0 Å². The summed E-state index contributed by atoms with van der Waals surface area (Å²) in [4.78, 5) is 3.30. The Bertz CT molecular complexity index is 485.